The van der Waals surface area contributed by atoms with Gasteiger partial charge in [-0.25, -0.2) is 4.79 Å². The molecular formula is C13H25NO4. The molecule has 0 aliphatic carbocycles. The summed E-state index contributed by atoms with van der Waals surface area (Å²) in [4.78, 5) is 13.7. The summed E-state index contributed by atoms with van der Waals surface area (Å²) in [5.74, 6) is 0. The fourth-order valence-corrected chi connectivity index (χ4v) is 2.19. The molecule has 1 atom stereocenters. The van der Waals surface area contributed by atoms with Crippen LogP contribution in [0.1, 0.15) is 41.5 Å². The molecule has 1 unspecified atom stereocenters. The number of nitrogens with zero attached hydrogens (tertiary/aromatic N) is 1. The Hall–Kier alpha value is -0.810. The van der Waals surface area contributed by atoms with Crippen LogP contribution < -0.4 is 0 Å². The minimum absolute atomic E-state index is 0.129. The number of carbonyl (C=O) groups excluding carboxylic acids is 1. The van der Waals surface area contributed by atoms with Crippen LogP contribution in [0.3, 0.4) is 0 Å². The lowest BCUT2D eigenvalue weighted by molar-refractivity contribution is -0.198. The zero-order valence-corrected chi connectivity index (χ0v) is 12.2. The second-order valence-electron chi connectivity index (χ2n) is 6.81. The van der Waals surface area contributed by atoms with Crippen molar-refractivity contribution in [2.24, 2.45) is 0 Å². The van der Waals surface area contributed by atoms with Gasteiger partial charge >= 0.3 is 6.09 Å². The maximum atomic E-state index is 12.1. The Morgan fingerprint density at radius 1 is 1.33 bits per heavy atom. The fraction of sp³-hybridized carbons (Fsp3) is 0.923. The van der Waals surface area contributed by atoms with Crippen molar-refractivity contribution in [3.8, 4) is 0 Å². The summed E-state index contributed by atoms with van der Waals surface area (Å²) in [5, 5.41) is 9.41. The van der Waals surface area contributed by atoms with Gasteiger partial charge in [0.15, 0.2) is 0 Å². The van der Waals surface area contributed by atoms with E-state index in [0.717, 1.165) is 0 Å². The van der Waals surface area contributed by atoms with E-state index in [0.29, 0.717) is 13.1 Å². The molecule has 0 aromatic heterocycles. The maximum Gasteiger partial charge on any atom is 0.410 e. The van der Waals surface area contributed by atoms with Crippen molar-refractivity contribution in [3.63, 3.8) is 0 Å². The van der Waals surface area contributed by atoms with Crippen LogP contribution in [0.4, 0.5) is 4.79 Å². The highest BCUT2D eigenvalue weighted by molar-refractivity contribution is 5.68. The van der Waals surface area contributed by atoms with Gasteiger partial charge in [-0.1, -0.05) is 0 Å². The minimum atomic E-state index is -0.737. The summed E-state index contributed by atoms with van der Waals surface area (Å²) in [7, 11) is 0. The van der Waals surface area contributed by atoms with Crippen LogP contribution in [0, 0.1) is 0 Å². The average Bonchev–Trinajstić information content (AvgIpc) is 2.12. The van der Waals surface area contributed by atoms with E-state index in [-0.39, 0.29) is 12.7 Å². The zero-order valence-electron chi connectivity index (χ0n) is 12.2. The molecule has 1 aliphatic heterocycles. The molecule has 1 rings (SSSR count). The predicted octanol–water partition coefficient (Wildman–Crippen LogP) is 1.78. The molecule has 0 aromatic rings. The number of hydrogen-bond acceptors (Lipinski definition) is 4. The maximum absolute atomic E-state index is 12.1. The third kappa shape index (κ3) is 4.14. The first-order valence-electron chi connectivity index (χ1n) is 6.25. The van der Waals surface area contributed by atoms with Gasteiger partial charge < -0.3 is 19.5 Å². The topological polar surface area (TPSA) is 59.0 Å². The van der Waals surface area contributed by atoms with E-state index in [4.69, 9.17) is 9.47 Å². The van der Waals surface area contributed by atoms with Crippen LogP contribution in [0.5, 0.6) is 0 Å². The first-order valence-corrected chi connectivity index (χ1v) is 6.25. The summed E-state index contributed by atoms with van der Waals surface area (Å²) >= 11 is 0. The molecule has 1 N–H and O–H groups in total. The van der Waals surface area contributed by atoms with Crippen molar-refractivity contribution < 1.29 is 19.4 Å². The third-order valence-corrected chi connectivity index (χ3v) is 2.61. The molecule has 18 heavy (non-hydrogen) atoms. The average molecular weight is 259 g/mol. The quantitative estimate of drug-likeness (QED) is 0.780. The largest absolute Gasteiger partial charge is 0.444 e. The smallest absolute Gasteiger partial charge is 0.410 e. The molecule has 1 aliphatic rings. The van der Waals surface area contributed by atoms with Crippen molar-refractivity contribution in [1.29, 1.82) is 0 Å². The molecule has 1 amide bonds. The molecule has 1 fully saturated rings. The Morgan fingerprint density at radius 2 is 1.89 bits per heavy atom. The number of aliphatic hydroxyl groups is 1. The third-order valence-electron chi connectivity index (χ3n) is 2.61. The molecule has 0 radical (unpaired) electrons. The lowest BCUT2D eigenvalue weighted by atomic mass is 9.98. The molecule has 1 saturated heterocycles. The molecule has 0 spiro atoms. The second kappa shape index (κ2) is 4.70. The van der Waals surface area contributed by atoms with E-state index in [1.165, 1.54) is 0 Å². The molecule has 0 bridgehead atoms. The Morgan fingerprint density at radius 3 is 2.33 bits per heavy atom. The van der Waals surface area contributed by atoms with Crippen LogP contribution in [0.15, 0.2) is 0 Å². The lowest BCUT2D eigenvalue weighted by Gasteiger charge is -2.47. The predicted molar refractivity (Wildman–Crippen MR) is 68.5 cm³/mol. The van der Waals surface area contributed by atoms with Gasteiger partial charge in [-0.15, -0.1) is 0 Å². The summed E-state index contributed by atoms with van der Waals surface area (Å²) in [6, 6.07) is 0. The summed E-state index contributed by atoms with van der Waals surface area (Å²) in [5.41, 5.74) is -1.75. The van der Waals surface area contributed by atoms with Gasteiger partial charge in [0.05, 0.1) is 25.3 Å². The van der Waals surface area contributed by atoms with E-state index in [1.807, 2.05) is 34.6 Å². The van der Waals surface area contributed by atoms with E-state index in [9.17, 15) is 9.90 Å². The van der Waals surface area contributed by atoms with Gasteiger partial charge in [0.2, 0.25) is 0 Å². The standard InChI is InChI=1S/C13H25NO4/c1-11(2,3)17-10(16)14-7-12(4,5)18-13(6,8-14)9-15/h15H,7-9H2,1-6H3. The van der Waals surface area contributed by atoms with E-state index < -0.39 is 16.8 Å². The number of ether oxygens (including phenoxy) is 2. The highest BCUT2D eigenvalue weighted by Gasteiger charge is 2.43. The normalized spacial score (nSPS) is 28.1. The lowest BCUT2D eigenvalue weighted by Crippen LogP contribution is -2.61. The Bertz CT molecular complexity index is 321. The van der Waals surface area contributed by atoms with Crippen LogP contribution >= 0.6 is 0 Å². The number of carbonyl (C=O) groups is 1. The molecule has 0 aromatic carbocycles. The Labute approximate surface area is 109 Å². The molecule has 1 heterocycles. The van der Waals surface area contributed by atoms with Crippen LogP contribution in [-0.4, -0.2) is 52.6 Å². The molecule has 5 heteroatoms. The zero-order chi connectivity index (χ0) is 14.2. The fourth-order valence-electron chi connectivity index (χ4n) is 2.19. The summed E-state index contributed by atoms with van der Waals surface area (Å²) < 4.78 is 11.2. The van der Waals surface area contributed by atoms with E-state index in [2.05, 4.69) is 0 Å². The van der Waals surface area contributed by atoms with Crippen molar-refractivity contribution in [1.82, 2.24) is 4.90 Å². The molecular weight excluding hydrogens is 234 g/mol. The van der Waals surface area contributed by atoms with Crippen molar-refractivity contribution in [3.05, 3.63) is 0 Å². The van der Waals surface area contributed by atoms with Gasteiger partial charge in [-0.2, -0.15) is 0 Å². The number of rotatable bonds is 1. The number of aliphatic hydroxyl groups excluding tert-OH is 1. The second-order valence-corrected chi connectivity index (χ2v) is 6.81. The number of amides is 1. The summed E-state index contributed by atoms with van der Waals surface area (Å²) in [6.07, 6.45) is -0.362. The first kappa shape index (κ1) is 15.2. The first-order chi connectivity index (χ1) is 7.96. The van der Waals surface area contributed by atoms with Crippen LogP contribution in [0.25, 0.3) is 0 Å². The van der Waals surface area contributed by atoms with Crippen LogP contribution in [0.2, 0.25) is 0 Å². The van der Waals surface area contributed by atoms with Gasteiger partial charge in [-0.05, 0) is 41.5 Å². The van der Waals surface area contributed by atoms with Crippen molar-refractivity contribution >= 4 is 6.09 Å². The van der Waals surface area contributed by atoms with Gasteiger partial charge in [0.25, 0.3) is 0 Å². The molecule has 0 saturated carbocycles. The highest BCUT2D eigenvalue weighted by atomic mass is 16.6. The van der Waals surface area contributed by atoms with Gasteiger partial charge in [-0.3, -0.25) is 0 Å². The summed E-state index contributed by atoms with van der Waals surface area (Å²) in [6.45, 7) is 11.8. The Balaban J connectivity index is 2.80. The molecule has 106 valence electrons. The van der Waals surface area contributed by atoms with E-state index >= 15 is 0 Å². The van der Waals surface area contributed by atoms with Crippen molar-refractivity contribution in [2.75, 3.05) is 19.7 Å². The van der Waals surface area contributed by atoms with Crippen LogP contribution in [-0.2, 0) is 9.47 Å². The monoisotopic (exact) mass is 259 g/mol. The number of morpholine rings is 1. The van der Waals surface area contributed by atoms with Gasteiger partial charge in [0.1, 0.15) is 11.2 Å². The molecule has 5 nitrogen and oxygen atoms in total. The SMILES string of the molecule is CC(C)(C)OC(=O)N1CC(C)(C)OC(C)(CO)C1. The van der Waals surface area contributed by atoms with E-state index in [1.54, 1.807) is 11.8 Å². The number of hydrogen-bond donors (Lipinski definition) is 1. The Kier molecular flexibility index (Phi) is 3.98. The van der Waals surface area contributed by atoms with Crippen molar-refractivity contribution in [2.45, 2.75) is 58.3 Å². The van der Waals surface area contributed by atoms with Gasteiger partial charge in [0, 0.05) is 0 Å². The minimum Gasteiger partial charge on any atom is -0.444 e. The highest BCUT2D eigenvalue weighted by Crippen LogP contribution is 2.29.